The van der Waals surface area contributed by atoms with Gasteiger partial charge in [-0.15, -0.1) is 0 Å². The summed E-state index contributed by atoms with van der Waals surface area (Å²) in [5, 5.41) is 8.50. The van der Waals surface area contributed by atoms with Gasteiger partial charge in [-0.25, -0.2) is 13.2 Å². The monoisotopic (exact) mass is 353 g/mol. The molecular formula is C12H13Cl2NO5S. The van der Waals surface area contributed by atoms with Crippen molar-refractivity contribution in [1.29, 1.82) is 0 Å². The maximum atomic E-state index is 12.2. The molecule has 0 saturated heterocycles. The number of nitrogens with zero attached hydrogens (tertiary/aromatic N) is 1. The molecule has 0 aliphatic rings. The van der Waals surface area contributed by atoms with Crippen LogP contribution in [0.5, 0.6) is 0 Å². The third-order valence-corrected chi connectivity index (χ3v) is 5.12. The van der Waals surface area contributed by atoms with Gasteiger partial charge in [0, 0.05) is 25.5 Å². The number of aromatic carboxylic acids is 1. The second-order valence-electron chi connectivity index (χ2n) is 4.43. The van der Waals surface area contributed by atoms with E-state index in [2.05, 4.69) is 0 Å². The molecule has 0 unspecified atom stereocenters. The van der Waals surface area contributed by atoms with Crippen molar-refractivity contribution >= 4 is 44.9 Å². The summed E-state index contributed by atoms with van der Waals surface area (Å²) in [5.74, 6) is -2.23. The van der Waals surface area contributed by atoms with E-state index >= 15 is 0 Å². The molecule has 6 nitrogen and oxygen atoms in total. The van der Waals surface area contributed by atoms with Gasteiger partial charge in [-0.2, -0.15) is 0 Å². The molecule has 0 aliphatic carbocycles. The average Bonchev–Trinajstić information content (AvgIpc) is 2.37. The first kappa shape index (κ1) is 17.7. The van der Waals surface area contributed by atoms with Crippen LogP contribution in [-0.4, -0.2) is 50.1 Å². The van der Waals surface area contributed by atoms with Gasteiger partial charge < -0.3 is 10.0 Å². The Balaban J connectivity index is 3.20. The van der Waals surface area contributed by atoms with Gasteiger partial charge >= 0.3 is 5.97 Å². The van der Waals surface area contributed by atoms with Crippen molar-refractivity contribution in [3.8, 4) is 0 Å². The van der Waals surface area contributed by atoms with Crippen molar-refractivity contribution in [1.82, 2.24) is 4.90 Å². The first-order valence-corrected chi connectivity index (χ1v) is 8.12. The zero-order valence-electron chi connectivity index (χ0n) is 11.3. The lowest BCUT2D eigenvalue weighted by Gasteiger charge is -2.12. The summed E-state index contributed by atoms with van der Waals surface area (Å²) in [6.07, 6.45) is -0.236. The molecule has 0 atom stereocenters. The zero-order chi connectivity index (χ0) is 16.4. The van der Waals surface area contributed by atoms with Crippen molar-refractivity contribution in [3.63, 3.8) is 0 Å². The number of hydrogen-bond donors (Lipinski definition) is 1. The van der Waals surface area contributed by atoms with Gasteiger partial charge in [0.05, 0.1) is 21.2 Å². The van der Waals surface area contributed by atoms with Crippen LogP contribution in [0.4, 0.5) is 0 Å². The molecule has 0 radical (unpaired) electrons. The average molecular weight is 354 g/mol. The van der Waals surface area contributed by atoms with E-state index in [1.165, 1.54) is 19.0 Å². The topological polar surface area (TPSA) is 91.8 Å². The molecule has 1 amide bonds. The Bertz CT molecular complexity index is 685. The molecule has 0 bridgehead atoms. The Morgan fingerprint density at radius 2 is 1.81 bits per heavy atom. The molecule has 0 fully saturated rings. The van der Waals surface area contributed by atoms with Crippen LogP contribution in [0.15, 0.2) is 17.0 Å². The van der Waals surface area contributed by atoms with Crippen LogP contribution in [0.1, 0.15) is 16.8 Å². The fourth-order valence-electron chi connectivity index (χ4n) is 1.50. The second-order valence-corrected chi connectivity index (χ2v) is 7.32. The lowest BCUT2D eigenvalue weighted by Crippen LogP contribution is -2.24. The number of sulfone groups is 1. The van der Waals surface area contributed by atoms with E-state index < -0.39 is 32.1 Å². The molecule has 0 aromatic heterocycles. The van der Waals surface area contributed by atoms with Gasteiger partial charge in [0.1, 0.15) is 0 Å². The van der Waals surface area contributed by atoms with E-state index in [4.69, 9.17) is 28.3 Å². The Morgan fingerprint density at radius 3 is 2.29 bits per heavy atom. The van der Waals surface area contributed by atoms with Crippen LogP contribution >= 0.6 is 23.2 Å². The standard InChI is InChI=1S/C12H13Cl2NO5S/c1-15(2)10(16)3-4-21(19,20)9-6-7(13)5-8(11(9)14)12(17)18/h5-6H,3-4H2,1-2H3,(H,17,18). The summed E-state index contributed by atoms with van der Waals surface area (Å²) in [4.78, 5) is 23.3. The van der Waals surface area contributed by atoms with Crippen LogP contribution in [0, 0.1) is 0 Å². The van der Waals surface area contributed by atoms with E-state index in [9.17, 15) is 18.0 Å². The van der Waals surface area contributed by atoms with Crippen LogP contribution < -0.4 is 0 Å². The molecule has 1 aromatic carbocycles. The quantitative estimate of drug-likeness (QED) is 0.873. The van der Waals surface area contributed by atoms with E-state index in [1.54, 1.807) is 0 Å². The maximum Gasteiger partial charge on any atom is 0.337 e. The van der Waals surface area contributed by atoms with Gasteiger partial charge in [0.2, 0.25) is 5.91 Å². The Labute approximate surface area is 132 Å². The van der Waals surface area contributed by atoms with Gasteiger partial charge in [-0.1, -0.05) is 23.2 Å². The van der Waals surface area contributed by atoms with E-state index in [0.717, 1.165) is 12.1 Å². The highest BCUT2D eigenvalue weighted by molar-refractivity contribution is 7.91. The molecule has 1 rings (SSSR count). The largest absolute Gasteiger partial charge is 0.478 e. The number of carbonyl (C=O) groups is 2. The van der Waals surface area contributed by atoms with E-state index in [0.29, 0.717) is 0 Å². The molecule has 9 heteroatoms. The molecule has 1 N–H and O–H groups in total. The van der Waals surface area contributed by atoms with Gasteiger partial charge in [0.15, 0.2) is 9.84 Å². The lowest BCUT2D eigenvalue weighted by molar-refractivity contribution is -0.128. The minimum absolute atomic E-state index is 0.0608. The zero-order valence-corrected chi connectivity index (χ0v) is 13.6. The van der Waals surface area contributed by atoms with Gasteiger partial charge in [-0.05, 0) is 12.1 Å². The molecule has 21 heavy (non-hydrogen) atoms. The Morgan fingerprint density at radius 1 is 1.24 bits per heavy atom. The number of carboxylic acid groups (broad SMARTS) is 1. The predicted octanol–water partition coefficient (Wildman–Crippen LogP) is 1.94. The summed E-state index contributed by atoms with van der Waals surface area (Å²) in [5.41, 5.74) is -0.401. The van der Waals surface area contributed by atoms with Crippen molar-refractivity contribution in [2.45, 2.75) is 11.3 Å². The Kier molecular flexibility index (Phi) is 5.61. The summed E-state index contributed by atoms with van der Waals surface area (Å²) in [6.45, 7) is 0. The van der Waals surface area contributed by atoms with Crippen molar-refractivity contribution < 1.29 is 23.1 Å². The number of carboxylic acids is 1. The number of carbonyl (C=O) groups excluding carboxylic acids is 1. The van der Waals surface area contributed by atoms with Crippen molar-refractivity contribution in [3.05, 3.63) is 27.7 Å². The molecule has 0 aliphatic heterocycles. The molecule has 116 valence electrons. The highest BCUT2D eigenvalue weighted by atomic mass is 35.5. The third-order valence-electron chi connectivity index (χ3n) is 2.65. The number of hydrogen-bond acceptors (Lipinski definition) is 4. The fraction of sp³-hybridized carbons (Fsp3) is 0.333. The maximum absolute atomic E-state index is 12.2. The Hall–Kier alpha value is -1.31. The van der Waals surface area contributed by atoms with Crippen LogP contribution in [0.25, 0.3) is 0 Å². The number of benzene rings is 1. The normalized spacial score (nSPS) is 11.2. The van der Waals surface area contributed by atoms with Gasteiger partial charge in [0.25, 0.3) is 0 Å². The number of halogens is 2. The molecule has 0 spiro atoms. The van der Waals surface area contributed by atoms with E-state index in [1.807, 2.05) is 0 Å². The van der Waals surface area contributed by atoms with Crippen molar-refractivity contribution in [2.24, 2.45) is 0 Å². The summed E-state index contributed by atoms with van der Waals surface area (Å²) in [7, 11) is -0.918. The first-order valence-electron chi connectivity index (χ1n) is 5.71. The highest BCUT2D eigenvalue weighted by Crippen LogP contribution is 2.30. The third kappa shape index (κ3) is 4.33. The van der Waals surface area contributed by atoms with Crippen LogP contribution in [-0.2, 0) is 14.6 Å². The molecule has 0 heterocycles. The predicted molar refractivity (Wildman–Crippen MR) is 78.8 cm³/mol. The fourth-order valence-corrected chi connectivity index (χ4v) is 3.68. The molecule has 0 saturated carbocycles. The highest BCUT2D eigenvalue weighted by Gasteiger charge is 2.24. The summed E-state index contributed by atoms with van der Waals surface area (Å²) < 4.78 is 24.4. The summed E-state index contributed by atoms with van der Waals surface area (Å²) in [6, 6.07) is 2.14. The molecular weight excluding hydrogens is 341 g/mol. The van der Waals surface area contributed by atoms with Gasteiger partial charge in [-0.3, -0.25) is 4.79 Å². The smallest absolute Gasteiger partial charge is 0.337 e. The molecule has 1 aromatic rings. The number of amides is 1. The minimum atomic E-state index is -3.93. The second kappa shape index (κ2) is 6.64. The minimum Gasteiger partial charge on any atom is -0.478 e. The van der Waals surface area contributed by atoms with Crippen LogP contribution in [0.2, 0.25) is 10.0 Å². The summed E-state index contributed by atoms with van der Waals surface area (Å²) >= 11 is 11.5. The van der Waals surface area contributed by atoms with Crippen LogP contribution in [0.3, 0.4) is 0 Å². The SMILES string of the molecule is CN(C)C(=O)CCS(=O)(=O)c1cc(Cl)cc(C(=O)O)c1Cl. The first-order chi connectivity index (χ1) is 9.56. The van der Waals surface area contributed by atoms with Crippen molar-refractivity contribution in [2.75, 3.05) is 19.8 Å². The number of rotatable bonds is 5. The lowest BCUT2D eigenvalue weighted by atomic mass is 10.2. The van der Waals surface area contributed by atoms with E-state index in [-0.39, 0.29) is 22.2 Å².